The maximum absolute atomic E-state index is 14.0. The molecule has 1 aromatic heterocycles. The summed E-state index contributed by atoms with van der Waals surface area (Å²) in [5.41, 5.74) is 0.977. The van der Waals surface area contributed by atoms with Gasteiger partial charge in [0, 0.05) is 51.5 Å². The Morgan fingerprint density at radius 2 is 1.53 bits per heavy atom. The molecule has 3 aliphatic rings. The van der Waals surface area contributed by atoms with E-state index in [1.807, 2.05) is 51.1 Å². The van der Waals surface area contributed by atoms with Gasteiger partial charge in [-0.2, -0.15) is 0 Å². The fraction of sp³-hybridized carbons (Fsp3) is 0.622. The molecule has 0 bridgehead atoms. The summed E-state index contributed by atoms with van der Waals surface area (Å²) in [4.78, 5) is 84.8. The van der Waals surface area contributed by atoms with Crippen LogP contribution in [0.2, 0.25) is 0 Å². The zero-order valence-electron chi connectivity index (χ0n) is 35.6. The molecule has 2 aromatic rings. The van der Waals surface area contributed by atoms with Crippen molar-refractivity contribution >= 4 is 35.6 Å². The molecule has 1 saturated heterocycles. The Kier molecular flexibility index (Phi) is 17.4. The SMILES string of the molecule is CN1C(=O)C[C@H](C(=O)N(CC(=O)NCCOC2CCC(OCCCC(=O)NC3CCC(C(=O)OC(C)(C)C)CC3)CC2)CC(=O)OCc2ccccc2)[C@H]1c1cccnc1. The predicted molar refractivity (Wildman–Crippen MR) is 221 cm³/mol. The first-order chi connectivity index (χ1) is 28.8. The number of hydrogen-bond acceptors (Lipinski definition) is 11. The minimum atomic E-state index is -0.821. The first-order valence-corrected chi connectivity index (χ1v) is 21.4. The molecule has 2 aliphatic carbocycles. The van der Waals surface area contributed by atoms with Gasteiger partial charge in [0.1, 0.15) is 25.3 Å². The summed E-state index contributed by atoms with van der Waals surface area (Å²) in [5.74, 6) is -2.91. The molecule has 2 heterocycles. The normalized spacial score (nSPS) is 23.1. The lowest BCUT2D eigenvalue weighted by Gasteiger charge is -2.30. The zero-order valence-corrected chi connectivity index (χ0v) is 35.6. The topological polar surface area (TPSA) is 183 Å². The third-order valence-corrected chi connectivity index (χ3v) is 11.3. The number of esters is 2. The quantitative estimate of drug-likeness (QED) is 0.151. The highest BCUT2D eigenvalue weighted by Gasteiger charge is 2.45. The number of amides is 4. The molecule has 3 fully saturated rings. The van der Waals surface area contributed by atoms with Crippen molar-refractivity contribution in [2.75, 3.05) is 39.9 Å². The molecular weight excluding hydrogens is 771 g/mol. The molecule has 328 valence electrons. The lowest BCUT2D eigenvalue weighted by Crippen LogP contribution is -2.47. The Morgan fingerprint density at radius 1 is 0.850 bits per heavy atom. The molecule has 1 aliphatic heterocycles. The molecule has 4 amide bonds. The Labute approximate surface area is 353 Å². The highest BCUT2D eigenvalue weighted by Crippen LogP contribution is 2.38. The first-order valence-electron chi connectivity index (χ1n) is 21.4. The van der Waals surface area contributed by atoms with Gasteiger partial charge in [-0.05, 0) is 95.8 Å². The average molecular weight is 834 g/mol. The third-order valence-electron chi connectivity index (χ3n) is 11.3. The van der Waals surface area contributed by atoms with Gasteiger partial charge in [0.15, 0.2) is 0 Å². The third kappa shape index (κ3) is 14.7. The van der Waals surface area contributed by atoms with Gasteiger partial charge in [0.2, 0.25) is 23.6 Å². The van der Waals surface area contributed by atoms with Crippen LogP contribution in [0.4, 0.5) is 0 Å². The van der Waals surface area contributed by atoms with Crippen molar-refractivity contribution in [2.45, 2.75) is 128 Å². The van der Waals surface area contributed by atoms with E-state index in [9.17, 15) is 28.8 Å². The number of ether oxygens (including phenoxy) is 4. The van der Waals surface area contributed by atoms with Crippen LogP contribution in [-0.4, -0.2) is 114 Å². The highest BCUT2D eigenvalue weighted by atomic mass is 16.6. The maximum atomic E-state index is 14.0. The minimum Gasteiger partial charge on any atom is -0.460 e. The van der Waals surface area contributed by atoms with E-state index in [1.54, 1.807) is 31.6 Å². The maximum Gasteiger partial charge on any atom is 0.325 e. The van der Waals surface area contributed by atoms with Crippen LogP contribution in [-0.2, 0) is 54.3 Å². The second-order valence-electron chi connectivity index (χ2n) is 17.1. The van der Waals surface area contributed by atoms with Crippen LogP contribution in [0.3, 0.4) is 0 Å². The zero-order chi connectivity index (χ0) is 43.1. The fourth-order valence-corrected chi connectivity index (χ4v) is 8.14. The molecule has 0 radical (unpaired) electrons. The van der Waals surface area contributed by atoms with Crippen molar-refractivity contribution in [2.24, 2.45) is 11.8 Å². The number of likely N-dealkylation sites (tertiary alicyclic amines) is 1. The molecule has 0 spiro atoms. The van der Waals surface area contributed by atoms with Gasteiger partial charge in [-0.15, -0.1) is 0 Å². The molecule has 15 nitrogen and oxygen atoms in total. The van der Waals surface area contributed by atoms with Gasteiger partial charge < -0.3 is 39.4 Å². The van der Waals surface area contributed by atoms with E-state index in [1.165, 1.54) is 9.80 Å². The summed E-state index contributed by atoms with van der Waals surface area (Å²) in [6, 6.07) is 12.2. The monoisotopic (exact) mass is 833 g/mol. The summed E-state index contributed by atoms with van der Waals surface area (Å²) >= 11 is 0. The summed E-state index contributed by atoms with van der Waals surface area (Å²) in [6.07, 6.45) is 10.6. The van der Waals surface area contributed by atoms with Crippen molar-refractivity contribution in [1.29, 1.82) is 0 Å². The number of nitrogens with zero attached hydrogens (tertiary/aromatic N) is 3. The Balaban J connectivity index is 0.984. The molecule has 2 N–H and O–H groups in total. The standard InChI is InChI=1S/C45H63N5O10/c1-45(2,3)60-44(56)32-14-16-34(17-15-32)48-38(51)13-9-24-57-35-18-20-36(21-19-35)58-25-23-47-39(52)28-50(29-41(54)59-30-31-10-6-5-7-11-31)43(55)37-26-40(53)49(4)42(37)33-12-8-22-46-27-33/h5-8,10-12,22,27,32,34-37,42H,9,13-21,23-26,28-30H2,1-4H3,(H,47,52)(H,48,51)/t32?,34?,35?,36?,37-,42+/m0/s1. The van der Waals surface area contributed by atoms with Crippen molar-refractivity contribution in [3.05, 3.63) is 66.0 Å². The predicted octanol–water partition coefficient (Wildman–Crippen LogP) is 4.43. The number of nitrogens with one attached hydrogen (secondary N) is 2. The van der Waals surface area contributed by atoms with Crippen molar-refractivity contribution in [3.63, 3.8) is 0 Å². The van der Waals surface area contributed by atoms with Gasteiger partial charge >= 0.3 is 11.9 Å². The summed E-state index contributed by atoms with van der Waals surface area (Å²) in [7, 11) is 1.63. The molecule has 2 saturated carbocycles. The molecule has 15 heteroatoms. The number of hydrogen-bond donors (Lipinski definition) is 2. The number of pyridine rings is 1. The van der Waals surface area contributed by atoms with E-state index >= 15 is 0 Å². The summed E-state index contributed by atoms with van der Waals surface area (Å²) in [5, 5.41) is 5.92. The molecule has 0 unspecified atom stereocenters. The smallest absolute Gasteiger partial charge is 0.325 e. The minimum absolute atomic E-state index is 0.0109. The van der Waals surface area contributed by atoms with Gasteiger partial charge in [-0.25, -0.2) is 0 Å². The Bertz CT molecular complexity index is 1720. The fourth-order valence-electron chi connectivity index (χ4n) is 8.14. The van der Waals surface area contributed by atoms with Crippen LogP contribution in [0.25, 0.3) is 0 Å². The summed E-state index contributed by atoms with van der Waals surface area (Å²) < 4.78 is 23.1. The number of carbonyl (C=O) groups excluding carboxylic acids is 6. The number of carbonyl (C=O) groups is 6. The summed E-state index contributed by atoms with van der Waals surface area (Å²) in [6.45, 7) is 5.78. The molecular formula is C45H63N5O10. The van der Waals surface area contributed by atoms with E-state index in [0.29, 0.717) is 25.0 Å². The van der Waals surface area contributed by atoms with Crippen molar-refractivity contribution < 1.29 is 47.7 Å². The van der Waals surface area contributed by atoms with Crippen LogP contribution in [0.5, 0.6) is 0 Å². The van der Waals surface area contributed by atoms with E-state index in [0.717, 1.165) is 56.9 Å². The van der Waals surface area contributed by atoms with Crippen LogP contribution in [0, 0.1) is 11.8 Å². The van der Waals surface area contributed by atoms with Crippen LogP contribution in [0.1, 0.15) is 109 Å². The molecule has 2 atom stereocenters. The van der Waals surface area contributed by atoms with Gasteiger partial charge in [0.05, 0.1) is 36.7 Å². The van der Waals surface area contributed by atoms with Crippen LogP contribution < -0.4 is 10.6 Å². The van der Waals surface area contributed by atoms with Crippen LogP contribution >= 0.6 is 0 Å². The second-order valence-corrected chi connectivity index (χ2v) is 17.1. The Hall–Kier alpha value is -4.89. The largest absolute Gasteiger partial charge is 0.460 e. The molecule has 1 aromatic carbocycles. The lowest BCUT2D eigenvalue weighted by molar-refractivity contribution is -0.161. The highest BCUT2D eigenvalue weighted by molar-refractivity contribution is 5.94. The average Bonchev–Trinajstić information content (AvgIpc) is 3.53. The van der Waals surface area contributed by atoms with Gasteiger partial charge in [0.25, 0.3) is 0 Å². The number of rotatable bonds is 19. The Morgan fingerprint density at radius 3 is 2.18 bits per heavy atom. The number of benzene rings is 1. The van der Waals surface area contributed by atoms with Crippen molar-refractivity contribution in [1.82, 2.24) is 25.4 Å². The first kappa shape index (κ1) is 46.2. The number of aromatic nitrogens is 1. The van der Waals surface area contributed by atoms with E-state index in [4.69, 9.17) is 18.9 Å². The van der Waals surface area contributed by atoms with E-state index < -0.39 is 48.4 Å². The second kappa shape index (κ2) is 22.6. The van der Waals surface area contributed by atoms with E-state index in [-0.39, 0.29) is 68.1 Å². The molecule has 5 rings (SSSR count). The van der Waals surface area contributed by atoms with E-state index in [2.05, 4.69) is 15.6 Å². The lowest BCUT2D eigenvalue weighted by atomic mass is 9.86. The van der Waals surface area contributed by atoms with Gasteiger partial charge in [-0.1, -0.05) is 36.4 Å². The molecule has 60 heavy (non-hydrogen) atoms. The van der Waals surface area contributed by atoms with Gasteiger partial charge in [-0.3, -0.25) is 33.8 Å². The van der Waals surface area contributed by atoms with Crippen LogP contribution in [0.15, 0.2) is 54.9 Å². The van der Waals surface area contributed by atoms with Crippen molar-refractivity contribution in [3.8, 4) is 0 Å².